The van der Waals surface area contributed by atoms with Crippen LogP contribution in [0.25, 0.3) is 0 Å². The van der Waals surface area contributed by atoms with Gasteiger partial charge in [0, 0.05) is 17.7 Å². The monoisotopic (exact) mass is 538 g/mol. The molecule has 0 bridgehead atoms. The third kappa shape index (κ3) is 6.10. The van der Waals surface area contributed by atoms with Crippen LogP contribution >= 0.6 is 0 Å². The Labute approximate surface area is 236 Å². The van der Waals surface area contributed by atoms with E-state index in [1.807, 2.05) is 56.3 Å². The number of hydrogen-bond donors (Lipinski definition) is 3. The van der Waals surface area contributed by atoms with E-state index >= 15 is 0 Å². The fourth-order valence-electron chi connectivity index (χ4n) is 5.99. The molecular weight excluding hydrogens is 500 g/mol. The Morgan fingerprint density at radius 2 is 1.73 bits per heavy atom. The minimum absolute atomic E-state index is 0.0980. The Kier molecular flexibility index (Phi) is 8.31. The summed E-state index contributed by atoms with van der Waals surface area (Å²) >= 11 is 0. The van der Waals surface area contributed by atoms with Gasteiger partial charge in [0.2, 0.25) is 5.91 Å². The van der Waals surface area contributed by atoms with Crippen molar-refractivity contribution in [2.24, 2.45) is 17.6 Å². The first-order valence-corrected chi connectivity index (χ1v) is 14.2. The lowest BCUT2D eigenvalue weighted by molar-refractivity contribution is -0.116. The standard InChI is InChI=1S/C33H38N4O3/c1-21-9-11-25(12-10-21)30-18-31(38)36-28-17-26(32(39)35-20-24-7-4-6-23(16-24)19-34)13-14-29(28)37(30)33(40)27-8-3-5-22(2)15-27/h3,5,8-15,17,23-24,30H,4,6-7,16,18-20,34H2,1-2H3,(H,35,39)(H,36,38). The van der Waals surface area contributed by atoms with E-state index in [1.54, 1.807) is 29.2 Å². The number of nitrogens with zero attached hydrogens (tertiary/aromatic N) is 1. The Bertz CT molecular complexity index is 1400. The molecule has 4 N–H and O–H groups in total. The molecule has 0 aromatic heterocycles. The molecule has 3 aromatic rings. The first-order chi connectivity index (χ1) is 19.3. The summed E-state index contributed by atoms with van der Waals surface area (Å²) in [7, 11) is 0. The summed E-state index contributed by atoms with van der Waals surface area (Å²) in [5.74, 6) is 0.346. The van der Waals surface area contributed by atoms with Crippen LogP contribution in [-0.4, -0.2) is 30.8 Å². The molecule has 7 nitrogen and oxygen atoms in total. The predicted octanol–water partition coefficient (Wildman–Crippen LogP) is 5.53. The van der Waals surface area contributed by atoms with E-state index in [1.165, 1.54) is 0 Å². The van der Waals surface area contributed by atoms with Crippen LogP contribution in [0.1, 0.15) is 75.6 Å². The largest absolute Gasteiger partial charge is 0.352 e. The summed E-state index contributed by atoms with van der Waals surface area (Å²) in [6.07, 6.45) is 4.52. The zero-order chi connectivity index (χ0) is 28.2. The van der Waals surface area contributed by atoms with E-state index < -0.39 is 6.04 Å². The van der Waals surface area contributed by atoms with Crippen LogP contribution in [-0.2, 0) is 4.79 Å². The molecular formula is C33H38N4O3. The van der Waals surface area contributed by atoms with Gasteiger partial charge >= 0.3 is 0 Å². The van der Waals surface area contributed by atoms with Crippen LogP contribution < -0.4 is 21.3 Å². The summed E-state index contributed by atoms with van der Waals surface area (Å²) in [6.45, 7) is 5.25. The van der Waals surface area contributed by atoms with Gasteiger partial charge in [-0.1, -0.05) is 53.9 Å². The molecule has 3 atom stereocenters. The molecule has 3 aromatic carbocycles. The SMILES string of the molecule is Cc1ccc(C2CC(=O)Nc3cc(C(=O)NCC4CCCC(CN)C4)ccc3N2C(=O)c2cccc(C)c2)cc1. The minimum Gasteiger partial charge on any atom is -0.352 e. The van der Waals surface area contributed by atoms with Gasteiger partial charge in [-0.3, -0.25) is 19.3 Å². The first kappa shape index (κ1) is 27.6. The third-order valence-electron chi connectivity index (χ3n) is 8.20. The topological polar surface area (TPSA) is 105 Å². The molecule has 1 fully saturated rings. The van der Waals surface area contributed by atoms with E-state index in [4.69, 9.17) is 5.73 Å². The first-order valence-electron chi connectivity index (χ1n) is 14.2. The number of hydrogen-bond acceptors (Lipinski definition) is 4. The molecule has 3 unspecified atom stereocenters. The Morgan fingerprint density at radius 1 is 0.950 bits per heavy atom. The van der Waals surface area contributed by atoms with Gasteiger partial charge < -0.3 is 16.4 Å². The van der Waals surface area contributed by atoms with Gasteiger partial charge in [0.25, 0.3) is 11.8 Å². The van der Waals surface area contributed by atoms with Crippen molar-refractivity contribution in [3.8, 4) is 0 Å². The number of amides is 3. The molecule has 5 rings (SSSR count). The Morgan fingerprint density at radius 3 is 2.48 bits per heavy atom. The summed E-state index contributed by atoms with van der Waals surface area (Å²) in [5, 5.41) is 6.05. The van der Waals surface area contributed by atoms with Crippen molar-refractivity contribution in [2.75, 3.05) is 23.3 Å². The number of rotatable bonds is 6. The van der Waals surface area contributed by atoms with E-state index in [-0.39, 0.29) is 24.1 Å². The lowest BCUT2D eigenvalue weighted by atomic mass is 9.81. The van der Waals surface area contributed by atoms with E-state index in [9.17, 15) is 14.4 Å². The predicted molar refractivity (Wildman–Crippen MR) is 158 cm³/mol. The maximum absolute atomic E-state index is 14.1. The van der Waals surface area contributed by atoms with Crippen molar-refractivity contribution >= 4 is 29.1 Å². The van der Waals surface area contributed by atoms with Gasteiger partial charge in [0.15, 0.2) is 0 Å². The van der Waals surface area contributed by atoms with Gasteiger partial charge in [0.1, 0.15) is 0 Å². The normalized spacial score (nSPS) is 20.7. The number of benzene rings is 3. The highest BCUT2D eigenvalue weighted by Crippen LogP contribution is 2.40. The number of nitrogens with two attached hydrogens (primary N) is 1. The molecule has 1 saturated carbocycles. The van der Waals surface area contributed by atoms with Crippen molar-refractivity contribution in [3.05, 3.63) is 94.5 Å². The number of fused-ring (bicyclic) bond motifs is 1. The van der Waals surface area contributed by atoms with Gasteiger partial charge in [-0.25, -0.2) is 0 Å². The molecule has 40 heavy (non-hydrogen) atoms. The van der Waals surface area contributed by atoms with E-state index in [0.717, 1.165) is 42.4 Å². The van der Waals surface area contributed by atoms with Gasteiger partial charge in [-0.2, -0.15) is 0 Å². The quantitative estimate of drug-likeness (QED) is 0.384. The maximum atomic E-state index is 14.1. The second kappa shape index (κ2) is 12.0. The maximum Gasteiger partial charge on any atom is 0.258 e. The fraction of sp³-hybridized carbons (Fsp3) is 0.364. The van der Waals surface area contributed by atoms with Crippen molar-refractivity contribution < 1.29 is 14.4 Å². The van der Waals surface area contributed by atoms with Crippen LogP contribution in [0.4, 0.5) is 11.4 Å². The Balaban J connectivity index is 1.47. The zero-order valence-corrected chi connectivity index (χ0v) is 23.3. The van der Waals surface area contributed by atoms with Crippen molar-refractivity contribution in [1.82, 2.24) is 5.32 Å². The molecule has 2 aliphatic rings. The van der Waals surface area contributed by atoms with E-state index in [0.29, 0.717) is 47.4 Å². The molecule has 1 aliphatic carbocycles. The minimum atomic E-state index is -0.503. The summed E-state index contributed by atoms with van der Waals surface area (Å²) in [5.41, 5.74) is 10.8. The summed E-state index contributed by atoms with van der Waals surface area (Å²) < 4.78 is 0. The Hall–Kier alpha value is -3.97. The zero-order valence-electron chi connectivity index (χ0n) is 23.3. The number of carbonyl (C=O) groups is 3. The summed E-state index contributed by atoms with van der Waals surface area (Å²) in [4.78, 5) is 42.1. The van der Waals surface area contributed by atoms with Crippen LogP contribution in [0.5, 0.6) is 0 Å². The third-order valence-corrected chi connectivity index (χ3v) is 8.20. The van der Waals surface area contributed by atoms with Crippen LogP contribution in [0.15, 0.2) is 66.7 Å². The highest BCUT2D eigenvalue weighted by atomic mass is 16.2. The molecule has 7 heteroatoms. The highest BCUT2D eigenvalue weighted by Gasteiger charge is 2.34. The molecule has 0 radical (unpaired) electrons. The van der Waals surface area contributed by atoms with Gasteiger partial charge in [-0.05, 0) is 87.4 Å². The van der Waals surface area contributed by atoms with Crippen molar-refractivity contribution in [3.63, 3.8) is 0 Å². The molecule has 1 heterocycles. The molecule has 1 aliphatic heterocycles. The second-order valence-electron chi connectivity index (χ2n) is 11.3. The second-order valence-corrected chi connectivity index (χ2v) is 11.3. The smallest absolute Gasteiger partial charge is 0.258 e. The average molecular weight is 539 g/mol. The lowest BCUT2D eigenvalue weighted by Gasteiger charge is -2.31. The lowest BCUT2D eigenvalue weighted by Crippen LogP contribution is -2.35. The molecule has 208 valence electrons. The van der Waals surface area contributed by atoms with Crippen LogP contribution in [0.3, 0.4) is 0 Å². The van der Waals surface area contributed by atoms with Gasteiger partial charge in [-0.15, -0.1) is 0 Å². The number of nitrogens with one attached hydrogen (secondary N) is 2. The molecule has 3 amide bonds. The van der Waals surface area contributed by atoms with Crippen molar-refractivity contribution in [2.45, 2.75) is 52.0 Å². The molecule has 0 saturated heterocycles. The van der Waals surface area contributed by atoms with Crippen LogP contribution in [0, 0.1) is 25.7 Å². The fourth-order valence-corrected chi connectivity index (χ4v) is 5.99. The number of aryl methyl sites for hydroxylation is 2. The van der Waals surface area contributed by atoms with Gasteiger partial charge in [0.05, 0.1) is 23.8 Å². The van der Waals surface area contributed by atoms with Crippen LogP contribution in [0.2, 0.25) is 0 Å². The van der Waals surface area contributed by atoms with E-state index in [2.05, 4.69) is 10.6 Å². The number of anilines is 2. The van der Waals surface area contributed by atoms with Crippen molar-refractivity contribution in [1.29, 1.82) is 0 Å². The highest BCUT2D eigenvalue weighted by molar-refractivity contribution is 6.12. The number of carbonyl (C=O) groups excluding carboxylic acids is 3. The molecule has 0 spiro atoms. The summed E-state index contributed by atoms with van der Waals surface area (Å²) in [6, 6.07) is 20.1. The average Bonchev–Trinajstić information content (AvgIpc) is 3.11.